The second-order valence-electron chi connectivity index (χ2n) is 6.93. The number of nitrogens with one attached hydrogen (secondary N) is 2. The molecule has 1 unspecified atom stereocenters. The molecule has 0 bridgehead atoms. The highest BCUT2D eigenvalue weighted by molar-refractivity contribution is 7.19. The summed E-state index contributed by atoms with van der Waals surface area (Å²) in [7, 11) is 0. The smallest absolute Gasteiger partial charge is 0.262 e. The molecule has 0 fully saturated rings. The van der Waals surface area contributed by atoms with Crippen LogP contribution in [0.5, 0.6) is 5.75 Å². The fourth-order valence-corrected chi connectivity index (χ4v) is 5.02. The lowest BCUT2D eigenvalue weighted by molar-refractivity contribution is -0.118. The van der Waals surface area contributed by atoms with Gasteiger partial charge in [-0.2, -0.15) is 0 Å². The quantitative estimate of drug-likeness (QED) is 0.720. The van der Waals surface area contributed by atoms with Gasteiger partial charge in [0.25, 0.3) is 5.91 Å². The summed E-state index contributed by atoms with van der Waals surface area (Å²) < 4.78 is 5.42. The zero-order chi connectivity index (χ0) is 17.7. The zero-order valence-corrected chi connectivity index (χ0v) is 15.2. The first-order valence-corrected chi connectivity index (χ1v) is 9.58. The normalized spacial score (nSPS) is 18.7. The summed E-state index contributed by atoms with van der Waals surface area (Å²) in [5.74, 6) is 2.10. The van der Waals surface area contributed by atoms with Crippen molar-refractivity contribution in [3.05, 3.63) is 35.0 Å². The van der Waals surface area contributed by atoms with Crippen LogP contribution in [0.2, 0.25) is 0 Å². The van der Waals surface area contributed by atoms with Crippen molar-refractivity contribution in [1.29, 1.82) is 0 Å². The number of aryl methyl sites for hydroxylation is 1. The van der Waals surface area contributed by atoms with Crippen LogP contribution < -0.4 is 15.4 Å². The third kappa shape index (κ3) is 2.59. The van der Waals surface area contributed by atoms with E-state index in [-0.39, 0.29) is 12.5 Å². The van der Waals surface area contributed by atoms with Crippen molar-refractivity contribution < 1.29 is 9.53 Å². The molecule has 2 aromatic heterocycles. The van der Waals surface area contributed by atoms with Gasteiger partial charge in [-0.1, -0.05) is 6.92 Å². The van der Waals surface area contributed by atoms with Crippen LogP contribution in [0.1, 0.15) is 23.8 Å². The Morgan fingerprint density at radius 2 is 2.27 bits per heavy atom. The highest BCUT2D eigenvalue weighted by atomic mass is 32.1. The van der Waals surface area contributed by atoms with Crippen molar-refractivity contribution >= 4 is 44.7 Å². The Bertz CT molecular complexity index is 1030. The lowest BCUT2D eigenvalue weighted by atomic mass is 9.89. The van der Waals surface area contributed by atoms with Gasteiger partial charge in [0.05, 0.1) is 11.1 Å². The highest BCUT2D eigenvalue weighted by Crippen LogP contribution is 2.40. The molecule has 1 aliphatic heterocycles. The summed E-state index contributed by atoms with van der Waals surface area (Å²) >= 11 is 1.78. The minimum Gasteiger partial charge on any atom is -0.482 e. The molecule has 5 rings (SSSR count). The molecule has 3 heterocycles. The maximum absolute atomic E-state index is 11.5. The first-order chi connectivity index (χ1) is 12.7. The van der Waals surface area contributed by atoms with Gasteiger partial charge in [-0.25, -0.2) is 9.97 Å². The summed E-state index contributed by atoms with van der Waals surface area (Å²) in [5, 5.41) is 7.38. The number of benzene rings is 1. The highest BCUT2D eigenvalue weighted by Gasteiger charge is 2.23. The number of nitrogens with zero attached hydrogens (tertiary/aromatic N) is 2. The molecule has 3 aromatic rings. The summed E-state index contributed by atoms with van der Waals surface area (Å²) in [5.41, 5.74) is 2.93. The lowest BCUT2D eigenvalue weighted by Crippen LogP contribution is -2.25. The molecule has 2 N–H and O–H groups in total. The van der Waals surface area contributed by atoms with E-state index in [2.05, 4.69) is 27.5 Å². The topological polar surface area (TPSA) is 76.1 Å². The van der Waals surface area contributed by atoms with Crippen LogP contribution in [0.4, 0.5) is 17.2 Å². The van der Waals surface area contributed by atoms with Crippen LogP contribution in [0.3, 0.4) is 0 Å². The molecule has 26 heavy (non-hydrogen) atoms. The maximum atomic E-state index is 11.5. The second-order valence-corrected chi connectivity index (χ2v) is 8.01. The molecule has 1 aliphatic carbocycles. The van der Waals surface area contributed by atoms with E-state index in [1.807, 2.05) is 18.2 Å². The van der Waals surface area contributed by atoms with Crippen molar-refractivity contribution in [2.45, 2.75) is 26.2 Å². The van der Waals surface area contributed by atoms with Gasteiger partial charge in [-0.15, -0.1) is 11.3 Å². The number of hydrogen-bond acceptors (Lipinski definition) is 6. The molecule has 0 radical (unpaired) electrons. The molecular formula is C19H18N4O2S. The average molecular weight is 366 g/mol. The minimum atomic E-state index is -0.139. The Morgan fingerprint density at radius 1 is 1.35 bits per heavy atom. The van der Waals surface area contributed by atoms with Gasteiger partial charge >= 0.3 is 0 Å². The summed E-state index contributed by atoms with van der Waals surface area (Å²) in [6.45, 7) is 2.37. The number of anilines is 3. The summed E-state index contributed by atoms with van der Waals surface area (Å²) in [6, 6.07) is 5.67. The van der Waals surface area contributed by atoms with Crippen LogP contribution in [-0.4, -0.2) is 22.5 Å². The molecule has 0 saturated heterocycles. The van der Waals surface area contributed by atoms with E-state index in [9.17, 15) is 4.79 Å². The van der Waals surface area contributed by atoms with Gasteiger partial charge in [-0.05, 0) is 48.9 Å². The van der Waals surface area contributed by atoms with Gasteiger partial charge in [0.15, 0.2) is 6.61 Å². The number of ether oxygens (including phenoxy) is 1. The SMILES string of the molecule is CC1CCc2c(sc3ncnc(Nc4ccc5c(c4)NC(=O)CO5)c23)C1. The average Bonchev–Trinajstić information content (AvgIpc) is 2.99. The van der Waals surface area contributed by atoms with E-state index in [0.29, 0.717) is 11.4 Å². The number of aromatic nitrogens is 2. The van der Waals surface area contributed by atoms with Crippen LogP contribution in [0, 0.1) is 5.92 Å². The van der Waals surface area contributed by atoms with Crippen molar-refractivity contribution in [2.24, 2.45) is 5.92 Å². The molecule has 1 aromatic carbocycles. The van der Waals surface area contributed by atoms with Gasteiger partial charge in [0, 0.05) is 10.6 Å². The molecule has 1 amide bonds. The van der Waals surface area contributed by atoms with Crippen LogP contribution in [0.15, 0.2) is 24.5 Å². The number of rotatable bonds is 2. The molecule has 7 heteroatoms. The van der Waals surface area contributed by atoms with Crippen molar-refractivity contribution in [3.8, 4) is 5.75 Å². The largest absolute Gasteiger partial charge is 0.482 e. The molecular weight excluding hydrogens is 348 g/mol. The predicted octanol–water partition coefficient (Wildman–Crippen LogP) is 3.89. The Morgan fingerprint density at radius 3 is 3.19 bits per heavy atom. The summed E-state index contributed by atoms with van der Waals surface area (Å²) in [4.78, 5) is 23.0. The van der Waals surface area contributed by atoms with Crippen molar-refractivity contribution in [3.63, 3.8) is 0 Å². The monoisotopic (exact) mass is 366 g/mol. The van der Waals surface area contributed by atoms with Crippen molar-refractivity contribution in [1.82, 2.24) is 9.97 Å². The Kier molecular flexibility index (Phi) is 3.56. The second kappa shape index (κ2) is 5.95. The fraction of sp³-hybridized carbons (Fsp3) is 0.316. The van der Waals surface area contributed by atoms with E-state index >= 15 is 0 Å². The zero-order valence-electron chi connectivity index (χ0n) is 14.3. The fourth-order valence-electron chi connectivity index (χ4n) is 3.67. The first-order valence-electron chi connectivity index (χ1n) is 8.76. The number of amides is 1. The Labute approximate surface area is 154 Å². The van der Waals surface area contributed by atoms with Crippen LogP contribution in [-0.2, 0) is 17.6 Å². The number of carbonyl (C=O) groups is 1. The third-order valence-electron chi connectivity index (χ3n) is 4.97. The minimum absolute atomic E-state index is 0.0613. The van der Waals surface area contributed by atoms with Gasteiger partial charge in [0.1, 0.15) is 22.7 Å². The molecule has 0 spiro atoms. The number of carbonyl (C=O) groups excluding carboxylic acids is 1. The van der Waals surface area contributed by atoms with Gasteiger partial charge in [0.2, 0.25) is 0 Å². The van der Waals surface area contributed by atoms with Crippen LogP contribution >= 0.6 is 11.3 Å². The predicted molar refractivity (Wildman–Crippen MR) is 102 cm³/mol. The summed E-state index contributed by atoms with van der Waals surface area (Å²) in [6.07, 6.45) is 5.01. The molecule has 6 nitrogen and oxygen atoms in total. The van der Waals surface area contributed by atoms with E-state index in [0.717, 1.165) is 40.5 Å². The Balaban J connectivity index is 1.54. The lowest BCUT2D eigenvalue weighted by Gasteiger charge is -2.19. The first kappa shape index (κ1) is 15.6. The number of hydrogen-bond donors (Lipinski definition) is 2. The number of fused-ring (bicyclic) bond motifs is 4. The maximum Gasteiger partial charge on any atom is 0.262 e. The Hall–Kier alpha value is -2.67. The third-order valence-corrected chi connectivity index (χ3v) is 6.13. The van der Waals surface area contributed by atoms with E-state index < -0.39 is 0 Å². The molecule has 132 valence electrons. The molecule has 0 saturated carbocycles. The van der Waals surface area contributed by atoms with E-state index in [1.54, 1.807) is 17.7 Å². The van der Waals surface area contributed by atoms with Gasteiger partial charge < -0.3 is 15.4 Å². The number of thiophene rings is 1. The van der Waals surface area contributed by atoms with Crippen LogP contribution in [0.25, 0.3) is 10.2 Å². The molecule has 1 atom stereocenters. The standard InChI is InChI=1S/C19H18N4O2S/c1-10-2-4-12-15(6-10)26-19-17(12)18(20-9-21-19)22-11-3-5-14-13(7-11)23-16(24)8-25-14/h3,5,7,9-10H,2,4,6,8H2,1H3,(H,23,24)(H,20,21,22). The van der Waals surface area contributed by atoms with E-state index in [1.165, 1.54) is 16.9 Å². The van der Waals surface area contributed by atoms with Crippen molar-refractivity contribution in [2.75, 3.05) is 17.2 Å². The van der Waals surface area contributed by atoms with Gasteiger partial charge in [-0.3, -0.25) is 4.79 Å². The molecule has 2 aliphatic rings. The van der Waals surface area contributed by atoms with E-state index in [4.69, 9.17) is 4.74 Å².